The van der Waals surface area contributed by atoms with E-state index in [0.29, 0.717) is 5.56 Å². The van der Waals surface area contributed by atoms with Crippen molar-refractivity contribution < 1.29 is 42.5 Å². The first-order chi connectivity index (χ1) is 16.8. The molecule has 2 heterocycles. The zero-order chi connectivity index (χ0) is 25.5. The number of halogens is 1. The molecule has 1 aromatic heterocycles. The highest BCUT2D eigenvalue weighted by Gasteiger charge is 2.34. The fraction of sp³-hybridized carbons (Fsp3) is 0.304. The summed E-state index contributed by atoms with van der Waals surface area (Å²) in [6, 6.07) is 5.24. The van der Waals surface area contributed by atoms with Gasteiger partial charge in [0.15, 0.2) is 18.1 Å². The average molecular weight is 507 g/mol. The number of furan rings is 1. The van der Waals surface area contributed by atoms with Gasteiger partial charge in [0.1, 0.15) is 11.5 Å². The number of benzene rings is 1. The lowest BCUT2D eigenvalue weighted by Gasteiger charge is -2.14. The van der Waals surface area contributed by atoms with Crippen molar-refractivity contribution in [2.24, 2.45) is 0 Å². The molecule has 0 spiro atoms. The second-order valence-corrected chi connectivity index (χ2v) is 7.40. The Labute approximate surface area is 205 Å². The average Bonchev–Trinajstić information content (AvgIpc) is 3.39. The highest BCUT2D eigenvalue weighted by molar-refractivity contribution is 6.32. The molecular weight excluding hydrogens is 484 g/mol. The van der Waals surface area contributed by atoms with E-state index in [1.165, 1.54) is 31.4 Å². The van der Waals surface area contributed by atoms with Crippen LogP contribution in [0, 0.1) is 0 Å². The Kier molecular flexibility index (Phi) is 8.37. The Morgan fingerprint density at radius 1 is 1.14 bits per heavy atom. The van der Waals surface area contributed by atoms with E-state index >= 15 is 0 Å². The Morgan fingerprint density at radius 2 is 1.91 bits per heavy atom. The van der Waals surface area contributed by atoms with Crippen LogP contribution in [-0.2, 0) is 25.6 Å². The zero-order valence-electron chi connectivity index (χ0n) is 19.2. The fourth-order valence-corrected chi connectivity index (χ4v) is 3.39. The van der Waals surface area contributed by atoms with Gasteiger partial charge in [0.2, 0.25) is 5.76 Å². The predicted octanol–water partition coefficient (Wildman–Crippen LogP) is 3.15. The third kappa shape index (κ3) is 6.12. The highest BCUT2D eigenvalue weighted by Crippen LogP contribution is 2.37. The summed E-state index contributed by atoms with van der Waals surface area (Å²) in [5.41, 5.74) is 0.437. The van der Waals surface area contributed by atoms with E-state index in [1.807, 2.05) is 0 Å². The molecule has 1 N–H and O–H groups in total. The summed E-state index contributed by atoms with van der Waals surface area (Å²) < 4.78 is 25.8. The number of hydrogen-bond donors (Lipinski definition) is 1. The predicted molar refractivity (Wildman–Crippen MR) is 122 cm³/mol. The van der Waals surface area contributed by atoms with Gasteiger partial charge in [-0.25, -0.2) is 14.4 Å². The molecule has 1 saturated heterocycles. The summed E-state index contributed by atoms with van der Waals surface area (Å²) in [5, 5.41) is 2.62. The van der Waals surface area contributed by atoms with Crippen molar-refractivity contribution in [2.45, 2.75) is 20.4 Å². The number of carbonyl (C=O) groups excluding carboxylic acids is 4. The van der Waals surface area contributed by atoms with Gasteiger partial charge in [-0.05, 0) is 49.8 Å². The van der Waals surface area contributed by atoms with Gasteiger partial charge >= 0.3 is 18.0 Å². The van der Waals surface area contributed by atoms with Crippen LogP contribution < -0.4 is 14.8 Å². The third-order valence-corrected chi connectivity index (χ3v) is 4.89. The first kappa shape index (κ1) is 25.6. The molecule has 0 radical (unpaired) electrons. The van der Waals surface area contributed by atoms with Crippen molar-refractivity contribution in [2.75, 3.05) is 26.9 Å². The van der Waals surface area contributed by atoms with E-state index in [2.05, 4.69) is 10.1 Å². The molecule has 1 aliphatic heterocycles. The Balaban J connectivity index is 1.79. The molecule has 0 aliphatic carbocycles. The molecule has 0 saturated carbocycles. The fourth-order valence-electron chi connectivity index (χ4n) is 3.12. The molecule has 0 bridgehead atoms. The lowest BCUT2D eigenvalue weighted by molar-refractivity contribution is -0.145. The Hall–Kier alpha value is -3.99. The summed E-state index contributed by atoms with van der Waals surface area (Å²) >= 11 is 6.34. The van der Waals surface area contributed by atoms with E-state index < -0.39 is 23.9 Å². The summed E-state index contributed by atoms with van der Waals surface area (Å²) in [5.74, 6) is -1.28. The lowest BCUT2D eigenvalue weighted by atomic mass is 10.1. The van der Waals surface area contributed by atoms with Crippen molar-refractivity contribution in [3.63, 3.8) is 0 Å². The largest absolute Gasteiger partial charge is 0.490 e. The maximum Gasteiger partial charge on any atom is 0.373 e. The van der Waals surface area contributed by atoms with Gasteiger partial charge in [0.25, 0.3) is 5.91 Å². The van der Waals surface area contributed by atoms with Crippen molar-refractivity contribution in [3.8, 4) is 11.5 Å². The van der Waals surface area contributed by atoms with E-state index in [9.17, 15) is 19.2 Å². The molecule has 186 valence electrons. The van der Waals surface area contributed by atoms with Gasteiger partial charge in [-0.2, -0.15) is 0 Å². The number of methoxy groups -OCH3 is 1. The van der Waals surface area contributed by atoms with Gasteiger partial charge in [-0.15, -0.1) is 0 Å². The van der Waals surface area contributed by atoms with E-state index in [0.717, 1.165) is 4.90 Å². The number of nitrogens with one attached hydrogen (secondary N) is 1. The van der Waals surface area contributed by atoms with Gasteiger partial charge < -0.3 is 28.7 Å². The number of esters is 2. The van der Waals surface area contributed by atoms with Crippen molar-refractivity contribution in [1.82, 2.24) is 10.2 Å². The Bertz CT molecular complexity index is 1170. The van der Waals surface area contributed by atoms with Crippen LogP contribution in [0.25, 0.3) is 6.08 Å². The molecule has 35 heavy (non-hydrogen) atoms. The molecule has 1 fully saturated rings. The van der Waals surface area contributed by atoms with Gasteiger partial charge in [0.05, 0.1) is 31.9 Å². The summed E-state index contributed by atoms with van der Waals surface area (Å²) in [7, 11) is 1.21. The Morgan fingerprint density at radius 3 is 2.60 bits per heavy atom. The minimum Gasteiger partial charge on any atom is -0.490 e. The van der Waals surface area contributed by atoms with Gasteiger partial charge in [-0.1, -0.05) is 11.6 Å². The van der Waals surface area contributed by atoms with Crippen LogP contribution in [0.5, 0.6) is 11.5 Å². The highest BCUT2D eigenvalue weighted by atomic mass is 35.5. The molecule has 3 amide bonds. The van der Waals surface area contributed by atoms with Gasteiger partial charge in [-0.3, -0.25) is 9.69 Å². The van der Waals surface area contributed by atoms with Gasteiger partial charge in [0, 0.05) is 0 Å². The van der Waals surface area contributed by atoms with Crippen LogP contribution in [0.2, 0.25) is 5.02 Å². The number of carbonyl (C=O) groups is 4. The zero-order valence-corrected chi connectivity index (χ0v) is 20.0. The molecular formula is C23H23ClN2O9. The normalized spacial score (nSPS) is 14.2. The van der Waals surface area contributed by atoms with Crippen molar-refractivity contribution in [3.05, 3.63) is 52.1 Å². The van der Waals surface area contributed by atoms with Crippen LogP contribution in [0.4, 0.5) is 4.79 Å². The molecule has 0 atom stereocenters. The van der Waals surface area contributed by atoms with E-state index in [-0.39, 0.29) is 60.1 Å². The van der Waals surface area contributed by atoms with Crippen LogP contribution in [0.1, 0.15) is 35.7 Å². The smallest absolute Gasteiger partial charge is 0.373 e. The topological polar surface area (TPSA) is 134 Å². The van der Waals surface area contributed by atoms with Crippen LogP contribution in [0.3, 0.4) is 0 Å². The maximum absolute atomic E-state index is 12.8. The molecule has 12 heteroatoms. The molecule has 0 unspecified atom stereocenters. The van der Waals surface area contributed by atoms with Crippen LogP contribution >= 0.6 is 11.6 Å². The minimum atomic E-state index is -0.675. The summed E-state index contributed by atoms with van der Waals surface area (Å²) in [6.45, 7) is 3.38. The van der Waals surface area contributed by atoms with E-state index in [4.69, 9.17) is 30.2 Å². The number of amides is 3. The van der Waals surface area contributed by atoms with Crippen LogP contribution in [-0.4, -0.2) is 55.7 Å². The summed E-state index contributed by atoms with van der Waals surface area (Å²) in [4.78, 5) is 49.3. The molecule has 11 nitrogen and oxygen atoms in total. The summed E-state index contributed by atoms with van der Waals surface area (Å²) in [6.07, 6.45) is 1.42. The molecule has 3 rings (SSSR count). The quantitative estimate of drug-likeness (QED) is 0.293. The minimum absolute atomic E-state index is 0.00606. The SMILES string of the molecule is CCOC(=O)COc1c(Cl)cc(/C=C2\NC(=O)N(Cc3ccc(C(=O)OC)o3)C2=O)cc1OCC. The maximum atomic E-state index is 12.8. The molecule has 2 aromatic rings. The van der Waals surface area contributed by atoms with Crippen LogP contribution in [0.15, 0.2) is 34.4 Å². The first-order valence-corrected chi connectivity index (χ1v) is 10.9. The second kappa shape index (κ2) is 11.4. The third-order valence-electron chi connectivity index (χ3n) is 4.61. The lowest BCUT2D eigenvalue weighted by Crippen LogP contribution is -2.30. The molecule has 1 aliphatic rings. The van der Waals surface area contributed by atoms with Crippen molar-refractivity contribution in [1.29, 1.82) is 0 Å². The first-order valence-electron chi connectivity index (χ1n) is 10.5. The number of rotatable bonds is 10. The standard InChI is InChI=1S/C23H23ClN2O9/c1-4-32-18-10-13(8-15(24)20(18)34-12-19(27)33-5-2)9-16-21(28)26(23(30)25-16)11-14-6-7-17(35-14)22(29)31-3/h6-10H,4-5,11-12H2,1-3H3,(H,25,30)/b16-9-. The van der Waals surface area contributed by atoms with E-state index in [1.54, 1.807) is 19.9 Å². The monoisotopic (exact) mass is 506 g/mol. The number of ether oxygens (including phenoxy) is 4. The number of hydrogen-bond acceptors (Lipinski definition) is 9. The number of urea groups is 1. The molecule has 1 aromatic carbocycles. The van der Waals surface area contributed by atoms with Crippen molar-refractivity contribution >= 4 is 41.6 Å². The number of imide groups is 1. The number of nitrogens with zero attached hydrogens (tertiary/aromatic N) is 1. The second-order valence-electron chi connectivity index (χ2n) is 6.99.